The van der Waals surface area contributed by atoms with Crippen molar-refractivity contribution in [1.29, 1.82) is 0 Å². The van der Waals surface area contributed by atoms with Crippen LogP contribution in [0.15, 0.2) is 47.3 Å². The van der Waals surface area contributed by atoms with Crippen molar-refractivity contribution in [3.8, 4) is 0 Å². The normalized spacial score (nSPS) is 31.7. The Bertz CT molecular complexity index is 896. The van der Waals surface area contributed by atoms with Gasteiger partial charge in [0, 0.05) is 43.5 Å². The average molecular weight is 380 g/mol. The number of benzene rings is 1. The lowest BCUT2D eigenvalue weighted by molar-refractivity contribution is 0.0532. The second-order valence-electron chi connectivity index (χ2n) is 8.73. The van der Waals surface area contributed by atoms with Gasteiger partial charge in [0.1, 0.15) is 5.82 Å². The zero-order valence-corrected chi connectivity index (χ0v) is 16.7. The van der Waals surface area contributed by atoms with E-state index in [0.717, 1.165) is 55.3 Å². The average Bonchev–Trinajstić information content (AvgIpc) is 3.16. The molecule has 1 aromatic carbocycles. The number of hydrogen-bond acceptors (Lipinski definition) is 4. The van der Waals surface area contributed by atoms with Crippen LogP contribution in [0.3, 0.4) is 0 Å². The van der Waals surface area contributed by atoms with Crippen molar-refractivity contribution in [3.05, 3.63) is 58.4 Å². The van der Waals surface area contributed by atoms with Gasteiger partial charge >= 0.3 is 0 Å². The lowest BCUT2D eigenvalue weighted by Gasteiger charge is -2.34. The summed E-state index contributed by atoms with van der Waals surface area (Å²) in [5.41, 5.74) is 2.37. The Labute approximate surface area is 166 Å². The smallest absolute Gasteiger partial charge is 0.251 e. The topological polar surface area (TPSA) is 48.6 Å². The summed E-state index contributed by atoms with van der Waals surface area (Å²) in [6, 6.07) is 15.1. The van der Waals surface area contributed by atoms with E-state index >= 15 is 0 Å². The SMILES string of the molecule is C[C@@H]1C2CN(c3cc(N4CCO[C@H](C)C4)cc(=O)[nH]3)[C@@H](Cc3ccccc3)C21. The van der Waals surface area contributed by atoms with Crippen molar-refractivity contribution < 1.29 is 4.74 Å². The molecule has 1 saturated carbocycles. The molecule has 3 aliphatic rings. The fourth-order valence-electron chi connectivity index (χ4n) is 5.36. The fraction of sp³-hybridized carbons (Fsp3) is 0.522. The Morgan fingerprint density at radius 1 is 1.14 bits per heavy atom. The lowest BCUT2D eigenvalue weighted by atomic mass is 10.0. The zero-order chi connectivity index (χ0) is 19.3. The maximum atomic E-state index is 12.5. The van der Waals surface area contributed by atoms with E-state index < -0.39 is 0 Å². The summed E-state index contributed by atoms with van der Waals surface area (Å²) in [6.45, 7) is 7.89. The first-order chi connectivity index (χ1) is 13.6. The van der Waals surface area contributed by atoms with Crippen LogP contribution in [0.5, 0.6) is 0 Å². The quantitative estimate of drug-likeness (QED) is 0.887. The molecule has 2 saturated heterocycles. The van der Waals surface area contributed by atoms with Gasteiger partial charge in [-0.25, -0.2) is 0 Å². The predicted molar refractivity (Wildman–Crippen MR) is 112 cm³/mol. The number of nitrogens with one attached hydrogen (secondary N) is 1. The number of pyridine rings is 1. The second kappa shape index (κ2) is 6.96. The third kappa shape index (κ3) is 3.22. The number of morpholine rings is 1. The van der Waals surface area contributed by atoms with Gasteiger partial charge in [-0.1, -0.05) is 37.3 Å². The Hall–Kier alpha value is -2.27. The maximum Gasteiger partial charge on any atom is 0.251 e. The molecule has 0 spiro atoms. The number of hydrogen-bond donors (Lipinski definition) is 1. The molecule has 0 amide bonds. The Morgan fingerprint density at radius 2 is 1.96 bits per heavy atom. The van der Waals surface area contributed by atoms with Gasteiger partial charge in [-0.2, -0.15) is 0 Å². The number of aromatic amines is 1. The van der Waals surface area contributed by atoms with E-state index in [1.165, 1.54) is 5.56 Å². The molecule has 0 radical (unpaired) electrons. The number of nitrogens with zero attached hydrogens (tertiary/aromatic N) is 2. The Kier molecular flexibility index (Phi) is 4.43. The van der Waals surface area contributed by atoms with Crippen molar-refractivity contribution in [2.45, 2.75) is 32.4 Å². The van der Waals surface area contributed by atoms with E-state index in [1.54, 1.807) is 6.07 Å². The molecular formula is C23H29N3O2. The molecule has 5 heteroatoms. The van der Waals surface area contributed by atoms with Crippen LogP contribution in [0.4, 0.5) is 11.5 Å². The summed E-state index contributed by atoms with van der Waals surface area (Å²) in [6.07, 6.45) is 1.23. The number of H-pyrrole nitrogens is 1. The summed E-state index contributed by atoms with van der Waals surface area (Å²) in [4.78, 5) is 20.3. The van der Waals surface area contributed by atoms with Crippen molar-refractivity contribution in [2.75, 3.05) is 36.0 Å². The molecule has 2 unspecified atom stereocenters. The number of ether oxygens (including phenoxy) is 1. The van der Waals surface area contributed by atoms with Gasteiger partial charge in [-0.3, -0.25) is 4.79 Å². The molecule has 5 rings (SSSR count). The van der Waals surface area contributed by atoms with Crippen LogP contribution in [-0.2, 0) is 11.2 Å². The predicted octanol–water partition coefficient (Wildman–Crippen LogP) is 2.91. The number of aromatic nitrogens is 1. The minimum Gasteiger partial charge on any atom is -0.375 e. The summed E-state index contributed by atoms with van der Waals surface area (Å²) in [7, 11) is 0. The molecule has 5 nitrogen and oxygen atoms in total. The van der Waals surface area contributed by atoms with Crippen LogP contribution in [-0.4, -0.2) is 43.4 Å². The molecule has 1 N–H and O–H groups in total. The molecule has 2 aliphatic heterocycles. The highest BCUT2D eigenvalue weighted by atomic mass is 16.5. The Balaban J connectivity index is 1.43. The minimum absolute atomic E-state index is 0.0151. The maximum absolute atomic E-state index is 12.5. The number of fused-ring (bicyclic) bond motifs is 1. The minimum atomic E-state index is -0.0151. The van der Waals surface area contributed by atoms with Gasteiger partial charge in [-0.15, -0.1) is 0 Å². The summed E-state index contributed by atoms with van der Waals surface area (Å²) in [5, 5.41) is 0. The summed E-state index contributed by atoms with van der Waals surface area (Å²) < 4.78 is 5.67. The van der Waals surface area contributed by atoms with Crippen molar-refractivity contribution in [1.82, 2.24) is 4.98 Å². The third-order valence-electron chi connectivity index (χ3n) is 6.91. The van der Waals surface area contributed by atoms with Gasteiger partial charge < -0.3 is 19.5 Å². The van der Waals surface area contributed by atoms with E-state index in [0.29, 0.717) is 12.6 Å². The zero-order valence-electron chi connectivity index (χ0n) is 16.7. The molecule has 0 bridgehead atoms. The van der Waals surface area contributed by atoms with E-state index in [9.17, 15) is 4.79 Å². The van der Waals surface area contributed by atoms with Crippen LogP contribution < -0.4 is 15.4 Å². The molecular weight excluding hydrogens is 350 g/mol. The van der Waals surface area contributed by atoms with Crippen molar-refractivity contribution in [2.24, 2.45) is 17.8 Å². The number of piperidine rings is 1. The first-order valence-corrected chi connectivity index (χ1v) is 10.5. The van der Waals surface area contributed by atoms with Crippen LogP contribution in [0, 0.1) is 17.8 Å². The first kappa shape index (κ1) is 17.8. The van der Waals surface area contributed by atoms with Crippen LogP contribution in [0.25, 0.3) is 0 Å². The number of rotatable bonds is 4. The van der Waals surface area contributed by atoms with E-state index in [4.69, 9.17) is 4.74 Å². The van der Waals surface area contributed by atoms with Crippen molar-refractivity contribution in [3.63, 3.8) is 0 Å². The van der Waals surface area contributed by atoms with Gasteiger partial charge in [0.25, 0.3) is 5.56 Å². The largest absolute Gasteiger partial charge is 0.375 e. The fourth-order valence-corrected chi connectivity index (χ4v) is 5.36. The van der Waals surface area contributed by atoms with Crippen LogP contribution in [0.1, 0.15) is 19.4 Å². The van der Waals surface area contributed by atoms with Crippen molar-refractivity contribution >= 4 is 11.5 Å². The molecule has 2 aromatic rings. The van der Waals surface area contributed by atoms with E-state index in [-0.39, 0.29) is 11.7 Å². The molecule has 5 atom stereocenters. The number of anilines is 2. The highest BCUT2D eigenvalue weighted by Gasteiger charge is 2.58. The standard InChI is InChI=1S/C23H29N3O2/c1-15-13-25(8-9-28-15)18-11-21(24-22(27)12-18)26-14-19-16(2)23(19)20(26)10-17-6-4-3-5-7-17/h3-7,11-12,15-16,19-20,23H,8-10,13-14H2,1-2H3,(H,24,27)/t15-,16-,19?,20+,23?/m1/s1. The summed E-state index contributed by atoms with van der Waals surface area (Å²) >= 11 is 0. The van der Waals surface area contributed by atoms with Gasteiger partial charge in [0.15, 0.2) is 0 Å². The Morgan fingerprint density at radius 3 is 2.75 bits per heavy atom. The molecule has 3 heterocycles. The lowest BCUT2D eigenvalue weighted by Crippen LogP contribution is -2.42. The molecule has 1 aliphatic carbocycles. The third-order valence-corrected chi connectivity index (χ3v) is 6.91. The molecule has 1 aromatic heterocycles. The molecule has 148 valence electrons. The first-order valence-electron chi connectivity index (χ1n) is 10.5. The second-order valence-corrected chi connectivity index (χ2v) is 8.73. The van der Waals surface area contributed by atoms with Gasteiger partial charge in [-0.05, 0) is 36.7 Å². The highest BCUT2D eigenvalue weighted by molar-refractivity contribution is 5.57. The summed E-state index contributed by atoms with van der Waals surface area (Å²) in [5.74, 6) is 3.25. The highest BCUT2D eigenvalue weighted by Crippen LogP contribution is 2.56. The van der Waals surface area contributed by atoms with Crippen LogP contribution >= 0.6 is 0 Å². The van der Waals surface area contributed by atoms with E-state index in [1.807, 2.05) is 0 Å². The van der Waals surface area contributed by atoms with Crippen LogP contribution in [0.2, 0.25) is 0 Å². The van der Waals surface area contributed by atoms with Gasteiger partial charge in [0.05, 0.1) is 12.7 Å². The van der Waals surface area contributed by atoms with E-state index in [2.05, 4.69) is 65.0 Å². The van der Waals surface area contributed by atoms with Gasteiger partial charge in [0.2, 0.25) is 0 Å². The molecule has 28 heavy (non-hydrogen) atoms. The monoisotopic (exact) mass is 379 g/mol. The molecule has 3 fully saturated rings.